The number of urea groups is 1. The van der Waals surface area contributed by atoms with Crippen molar-refractivity contribution in [2.75, 3.05) is 40.5 Å². The van der Waals surface area contributed by atoms with Gasteiger partial charge in [-0.15, -0.1) is 0 Å². The number of carbonyl (C=O) groups excluding carboxylic acids is 2. The first-order valence-corrected chi connectivity index (χ1v) is 15.3. The van der Waals surface area contributed by atoms with Crippen molar-refractivity contribution >= 4 is 40.8 Å². The molecule has 0 saturated heterocycles. The molecule has 3 amide bonds. The van der Waals surface area contributed by atoms with Gasteiger partial charge < -0.3 is 25.4 Å². The minimum absolute atomic E-state index is 0.0358. The molecule has 2 fully saturated rings. The van der Waals surface area contributed by atoms with E-state index in [1.807, 2.05) is 6.07 Å². The number of hydrogen-bond acceptors (Lipinski definition) is 5. The summed E-state index contributed by atoms with van der Waals surface area (Å²) in [4.78, 5) is 39.4. The second-order valence-electron chi connectivity index (χ2n) is 12.5. The van der Waals surface area contributed by atoms with Gasteiger partial charge in [-0.3, -0.25) is 10.1 Å². The van der Waals surface area contributed by atoms with Crippen molar-refractivity contribution in [2.45, 2.75) is 66.2 Å². The van der Waals surface area contributed by atoms with Crippen molar-refractivity contribution in [3.63, 3.8) is 0 Å². The molecule has 0 aromatic heterocycles. The number of rotatable bonds is 12. The second-order valence-corrected chi connectivity index (χ2v) is 12.5. The van der Waals surface area contributed by atoms with Gasteiger partial charge in [-0.2, -0.15) is 0 Å². The third-order valence-corrected chi connectivity index (χ3v) is 8.13. The van der Waals surface area contributed by atoms with Crippen LogP contribution < -0.4 is 20.9 Å². The van der Waals surface area contributed by atoms with Crippen LogP contribution in [-0.2, 0) is 9.53 Å². The van der Waals surface area contributed by atoms with E-state index in [9.17, 15) is 19.5 Å². The van der Waals surface area contributed by atoms with E-state index >= 15 is 0 Å². The first-order chi connectivity index (χ1) is 20.1. The summed E-state index contributed by atoms with van der Waals surface area (Å²) in [6.45, 7) is 12.4. The van der Waals surface area contributed by atoms with Gasteiger partial charge >= 0.3 is 18.1 Å². The number of carboxylic acids is 1. The quantitative estimate of drug-likeness (QED) is 0.206. The molecule has 0 aliphatic heterocycles. The fraction of sp³-hybridized carbons (Fsp3) is 0.545. The average Bonchev–Trinajstić information content (AvgIpc) is 3.43. The lowest BCUT2D eigenvalue weighted by Crippen LogP contribution is -2.32. The highest BCUT2D eigenvalue weighted by Gasteiger charge is 2.59. The molecule has 2 saturated carbocycles. The summed E-state index contributed by atoms with van der Waals surface area (Å²) in [6, 6.07) is 12.5. The van der Waals surface area contributed by atoms with Gasteiger partial charge in [-0.05, 0) is 72.6 Å². The first-order valence-electron chi connectivity index (χ1n) is 15.3. The maximum absolute atomic E-state index is 13.3. The molecule has 1 unspecified atom stereocenters. The Morgan fingerprint density at radius 2 is 1.50 bits per heavy atom. The highest BCUT2D eigenvalue weighted by atomic mass is 16.5. The van der Waals surface area contributed by atoms with Crippen molar-refractivity contribution in [2.24, 2.45) is 29.6 Å². The molecule has 9 nitrogen and oxygen atoms in total. The Morgan fingerprint density at radius 3 is 2.05 bits per heavy atom. The number of aliphatic carboxylic acids is 1. The highest BCUT2D eigenvalue weighted by Crippen LogP contribution is 2.61. The van der Waals surface area contributed by atoms with Gasteiger partial charge in [0, 0.05) is 30.4 Å². The van der Waals surface area contributed by atoms with Gasteiger partial charge in [0.15, 0.2) is 0 Å². The van der Waals surface area contributed by atoms with Gasteiger partial charge in [0.2, 0.25) is 0 Å². The van der Waals surface area contributed by atoms with E-state index in [4.69, 9.17) is 4.74 Å². The number of carbonyl (C=O) groups is 3. The van der Waals surface area contributed by atoms with Gasteiger partial charge in [0.25, 0.3) is 0 Å². The predicted octanol–water partition coefficient (Wildman–Crippen LogP) is 7.62. The molecule has 228 valence electrons. The molecule has 9 heteroatoms. The number of nitrogens with zero attached hydrogens (tertiary/aromatic N) is 1. The van der Waals surface area contributed by atoms with Gasteiger partial charge in [0.1, 0.15) is 0 Å². The molecule has 4 N–H and O–H groups in total. The number of anilines is 4. The zero-order valence-electron chi connectivity index (χ0n) is 25.5. The van der Waals surface area contributed by atoms with Crippen LogP contribution in [0.15, 0.2) is 42.5 Å². The number of hydrogen-bond donors (Lipinski definition) is 4. The SMILES string of the molecule is CCOC(=O)Nc1ccc(NC(=O)Nc2cc([C@@H]3C(C4CCCC4)[C@@H]3C(=O)O)ccc2N(CC(C)C)CC(C)C)cc1. The van der Waals surface area contributed by atoms with Gasteiger partial charge in [-0.25, -0.2) is 9.59 Å². The van der Waals surface area contributed by atoms with Crippen LogP contribution in [-0.4, -0.2) is 42.9 Å². The summed E-state index contributed by atoms with van der Waals surface area (Å²) in [5.74, 6) is 0.306. The Morgan fingerprint density at radius 1 is 0.905 bits per heavy atom. The summed E-state index contributed by atoms with van der Waals surface area (Å²) >= 11 is 0. The van der Waals surface area contributed by atoms with Crippen molar-refractivity contribution in [3.8, 4) is 0 Å². The molecule has 2 aromatic rings. The van der Waals surface area contributed by atoms with Crippen LogP contribution >= 0.6 is 0 Å². The maximum Gasteiger partial charge on any atom is 0.411 e. The molecule has 2 aliphatic rings. The lowest BCUT2D eigenvalue weighted by molar-refractivity contribution is -0.139. The Hall–Kier alpha value is -3.75. The van der Waals surface area contributed by atoms with E-state index < -0.39 is 18.1 Å². The topological polar surface area (TPSA) is 120 Å². The molecule has 2 aromatic carbocycles. The lowest BCUT2D eigenvalue weighted by Gasteiger charge is -2.31. The highest BCUT2D eigenvalue weighted by molar-refractivity contribution is 6.02. The van der Waals surface area contributed by atoms with Crippen LogP contribution in [0.4, 0.5) is 32.3 Å². The fourth-order valence-corrected chi connectivity index (χ4v) is 6.51. The largest absolute Gasteiger partial charge is 0.481 e. The number of nitrogens with one attached hydrogen (secondary N) is 3. The van der Waals surface area contributed by atoms with Gasteiger partial charge in [0.05, 0.1) is 23.9 Å². The molecule has 0 bridgehead atoms. The minimum Gasteiger partial charge on any atom is -0.481 e. The molecule has 0 radical (unpaired) electrons. The summed E-state index contributed by atoms with van der Waals surface area (Å²) < 4.78 is 4.90. The van der Waals surface area contributed by atoms with Crippen molar-refractivity contribution < 1.29 is 24.2 Å². The smallest absolute Gasteiger partial charge is 0.411 e. The third-order valence-electron chi connectivity index (χ3n) is 8.13. The van der Waals surface area contributed by atoms with E-state index in [0.29, 0.717) is 34.8 Å². The zero-order chi connectivity index (χ0) is 30.4. The Balaban J connectivity index is 1.58. The Labute approximate surface area is 249 Å². The van der Waals surface area contributed by atoms with E-state index in [1.165, 1.54) is 12.8 Å². The van der Waals surface area contributed by atoms with Crippen LogP contribution in [0.25, 0.3) is 0 Å². The molecular weight excluding hydrogens is 532 g/mol. The summed E-state index contributed by atoms with van der Waals surface area (Å²) in [5, 5.41) is 18.6. The molecule has 0 spiro atoms. The van der Waals surface area contributed by atoms with E-state index in [2.05, 4.69) is 60.7 Å². The van der Waals surface area contributed by atoms with Crippen molar-refractivity contribution in [3.05, 3.63) is 48.0 Å². The van der Waals surface area contributed by atoms with E-state index in [-0.39, 0.29) is 24.4 Å². The second kappa shape index (κ2) is 13.9. The van der Waals surface area contributed by atoms with Crippen LogP contribution in [0.1, 0.15) is 71.8 Å². The summed E-state index contributed by atoms with van der Waals surface area (Å²) in [7, 11) is 0. The van der Waals surface area contributed by atoms with Crippen LogP contribution in [0.5, 0.6) is 0 Å². The number of benzene rings is 2. The standard InChI is InChI=1S/C33H46N4O5/c1-6-42-33(41)35-25-14-12-24(13-15-25)34-32(40)36-26-17-23(11-16-27(26)37(18-20(2)3)19-21(4)5)29-28(30(29)31(38)39)22-9-7-8-10-22/h11-17,20-22,28-30H,6-10,18-19H2,1-5H3,(H,35,41)(H,38,39)(H2,34,36,40)/t28?,29-,30+/m1/s1. The van der Waals surface area contributed by atoms with Crippen LogP contribution in [0.3, 0.4) is 0 Å². The fourth-order valence-electron chi connectivity index (χ4n) is 6.51. The van der Waals surface area contributed by atoms with Crippen LogP contribution in [0.2, 0.25) is 0 Å². The van der Waals surface area contributed by atoms with Crippen molar-refractivity contribution in [1.82, 2.24) is 0 Å². The number of carboxylic acid groups (broad SMARTS) is 1. The van der Waals surface area contributed by atoms with E-state index in [0.717, 1.165) is 37.2 Å². The summed E-state index contributed by atoms with van der Waals surface area (Å²) in [5.41, 5.74) is 3.70. The maximum atomic E-state index is 13.3. The third kappa shape index (κ3) is 7.95. The molecule has 0 heterocycles. The summed E-state index contributed by atoms with van der Waals surface area (Å²) in [6.07, 6.45) is 4.01. The van der Waals surface area contributed by atoms with Crippen LogP contribution in [0, 0.1) is 29.6 Å². The monoisotopic (exact) mass is 578 g/mol. The number of ether oxygens (including phenoxy) is 1. The molecule has 42 heavy (non-hydrogen) atoms. The number of amides is 3. The average molecular weight is 579 g/mol. The first kappa shape index (κ1) is 31.2. The Bertz CT molecular complexity index is 1230. The zero-order valence-corrected chi connectivity index (χ0v) is 25.5. The van der Waals surface area contributed by atoms with E-state index in [1.54, 1.807) is 31.2 Å². The van der Waals surface area contributed by atoms with Crippen molar-refractivity contribution in [1.29, 1.82) is 0 Å². The molecular formula is C33H46N4O5. The predicted molar refractivity (Wildman–Crippen MR) is 167 cm³/mol. The Kier molecular flexibility index (Phi) is 10.4. The minimum atomic E-state index is -0.727. The van der Waals surface area contributed by atoms with Gasteiger partial charge in [-0.1, -0.05) is 59.4 Å². The normalized spacial score (nSPS) is 19.9. The molecule has 4 rings (SSSR count). The lowest BCUT2D eigenvalue weighted by atomic mass is 9.97. The molecule has 2 aliphatic carbocycles. The molecule has 3 atom stereocenters.